The summed E-state index contributed by atoms with van der Waals surface area (Å²) in [7, 11) is 2.39. The topological polar surface area (TPSA) is 57.2 Å². The number of amides is 1. The number of ether oxygens (including phenoxy) is 3. The first kappa shape index (κ1) is 37.3. The summed E-state index contributed by atoms with van der Waals surface area (Å²) in [6, 6.07) is 29.3. The quantitative estimate of drug-likeness (QED) is 0.0923. The lowest BCUT2D eigenvalue weighted by Gasteiger charge is -2.43. The van der Waals surface area contributed by atoms with Gasteiger partial charge < -0.3 is 23.5 Å². The number of carbonyl (C=O) groups excluding carboxylic acids is 1. The lowest BCUT2D eigenvalue weighted by Crippen LogP contribution is -2.66. The van der Waals surface area contributed by atoms with Gasteiger partial charge in [-0.05, 0) is 65.2 Å². The molecule has 0 aliphatic carbocycles. The normalized spacial score (nSPS) is 18.2. The van der Waals surface area contributed by atoms with E-state index in [1.165, 1.54) is 10.4 Å². The maximum absolute atomic E-state index is 14.5. The van der Waals surface area contributed by atoms with Crippen LogP contribution in [0.25, 0.3) is 6.08 Å². The van der Waals surface area contributed by atoms with E-state index in [1.54, 1.807) is 21.3 Å². The third kappa shape index (κ3) is 8.75. The number of likely N-dealkylation sites (tertiary alicyclic amines) is 1. The Labute approximate surface area is 289 Å². The van der Waals surface area contributed by atoms with Crippen LogP contribution in [0.5, 0.6) is 5.75 Å². The SMILES string of the molecule is C=C(C)[C@H](CCCO[Si](c1ccccc1)(c1ccccc1)C(C)(C)C)[C@@H](/C=C/c1cccc(OC)c1)C(=O)N1C[C@H](OC)C[C@H]1COC. The number of nitrogens with zero attached hydrogens (tertiary/aromatic N) is 1. The van der Waals surface area contributed by atoms with Crippen molar-refractivity contribution in [1.82, 2.24) is 4.90 Å². The van der Waals surface area contributed by atoms with E-state index in [0.717, 1.165) is 36.1 Å². The van der Waals surface area contributed by atoms with Gasteiger partial charge in [0.25, 0.3) is 8.32 Å². The molecule has 0 N–H and O–H groups in total. The van der Waals surface area contributed by atoms with Crippen molar-refractivity contribution < 1.29 is 23.4 Å². The zero-order valence-electron chi connectivity index (χ0n) is 30.0. The van der Waals surface area contributed by atoms with Gasteiger partial charge in [0.05, 0.1) is 31.8 Å². The largest absolute Gasteiger partial charge is 0.497 e. The minimum atomic E-state index is -2.67. The fraction of sp³-hybridized carbons (Fsp3) is 0.439. The van der Waals surface area contributed by atoms with E-state index in [0.29, 0.717) is 19.8 Å². The summed E-state index contributed by atoms with van der Waals surface area (Å²) < 4.78 is 23.9. The van der Waals surface area contributed by atoms with Crippen molar-refractivity contribution in [3.8, 4) is 5.75 Å². The zero-order chi connectivity index (χ0) is 34.7. The number of rotatable bonds is 16. The molecule has 0 saturated carbocycles. The van der Waals surface area contributed by atoms with E-state index >= 15 is 0 Å². The van der Waals surface area contributed by atoms with Crippen LogP contribution in [0.4, 0.5) is 0 Å². The molecule has 48 heavy (non-hydrogen) atoms. The van der Waals surface area contributed by atoms with Gasteiger partial charge in [0.15, 0.2) is 0 Å². The lowest BCUT2D eigenvalue weighted by atomic mass is 9.82. The fourth-order valence-corrected chi connectivity index (χ4v) is 11.8. The Hall–Kier alpha value is -3.49. The Kier molecular flexibility index (Phi) is 13.4. The van der Waals surface area contributed by atoms with Crippen molar-refractivity contribution >= 4 is 30.7 Å². The van der Waals surface area contributed by atoms with Crippen molar-refractivity contribution in [1.29, 1.82) is 0 Å². The first-order valence-corrected chi connectivity index (χ1v) is 19.0. The summed E-state index contributed by atoms with van der Waals surface area (Å²) in [5.41, 5.74) is 1.96. The lowest BCUT2D eigenvalue weighted by molar-refractivity contribution is -0.137. The van der Waals surface area contributed by atoms with E-state index in [1.807, 2.05) is 42.2 Å². The predicted molar refractivity (Wildman–Crippen MR) is 199 cm³/mol. The van der Waals surface area contributed by atoms with Crippen LogP contribution in [0.2, 0.25) is 5.04 Å². The molecule has 7 heteroatoms. The second-order valence-corrected chi connectivity index (χ2v) is 18.3. The number of allylic oxidation sites excluding steroid dienone is 1. The highest BCUT2D eigenvalue weighted by Gasteiger charge is 2.50. The van der Waals surface area contributed by atoms with Crippen LogP contribution in [-0.2, 0) is 18.7 Å². The molecule has 1 fully saturated rings. The third-order valence-electron chi connectivity index (χ3n) is 9.69. The minimum Gasteiger partial charge on any atom is -0.497 e. The molecule has 3 aromatic carbocycles. The number of benzene rings is 3. The van der Waals surface area contributed by atoms with Crippen molar-refractivity contribution in [3.05, 3.63) is 109 Å². The fourth-order valence-electron chi connectivity index (χ4n) is 7.23. The molecule has 1 saturated heterocycles. The van der Waals surface area contributed by atoms with E-state index < -0.39 is 14.2 Å². The summed E-state index contributed by atoms with van der Waals surface area (Å²) in [6.07, 6.45) is 6.40. The van der Waals surface area contributed by atoms with Crippen LogP contribution in [0.3, 0.4) is 0 Å². The molecular formula is C41H55NO5Si. The number of hydrogen-bond donors (Lipinski definition) is 0. The van der Waals surface area contributed by atoms with E-state index in [9.17, 15) is 4.79 Å². The van der Waals surface area contributed by atoms with Gasteiger partial charge in [0.2, 0.25) is 5.91 Å². The van der Waals surface area contributed by atoms with Gasteiger partial charge in [0.1, 0.15) is 5.75 Å². The second kappa shape index (κ2) is 17.2. The molecule has 1 heterocycles. The van der Waals surface area contributed by atoms with Gasteiger partial charge in [-0.25, -0.2) is 0 Å². The highest BCUT2D eigenvalue weighted by atomic mass is 28.4. The van der Waals surface area contributed by atoms with E-state index in [-0.39, 0.29) is 29.0 Å². The van der Waals surface area contributed by atoms with E-state index in [4.69, 9.17) is 18.6 Å². The maximum atomic E-state index is 14.5. The molecule has 1 aliphatic heterocycles. The summed E-state index contributed by atoms with van der Waals surface area (Å²) in [4.78, 5) is 16.5. The molecule has 3 aromatic rings. The first-order valence-electron chi connectivity index (χ1n) is 17.1. The Morgan fingerprint density at radius 2 is 1.62 bits per heavy atom. The molecular weight excluding hydrogens is 615 g/mol. The smallest absolute Gasteiger partial charge is 0.261 e. The van der Waals surface area contributed by atoms with Gasteiger partial charge >= 0.3 is 0 Å². The van der Waals surface area contributed by atoms with Gasteiger partial charge in [0, 0.05) is 27.4 Å². The molecule has 0 aromatic heterocycles. The second-order valence-electron chi connectivity index (χ2n) is 14.0. The van der Waals surface area contributed by atoms with Crippen LogP contribution >= 0.6 is 0 Å². The van der Waals surface area contributed by atoms with Crippen LogP contribution < -0.4 is 15.1 Å². The van der Waals surface area contributed by atoms with Gasteiger partial charge in [-0.15, -0.1) is 0 Å². The molecule has 0 bridgehead atoms. The van der Waals surface area contributed by atoms with E-state index in [2.05, 4.69) is 94.1 Å². The summed E-state index contributed by atoms with van der Waals surface area (Å²) in [6.45, 7) is 15.0. The highest BCUT2D eigenvalue weighted by molar-refractivity contribution is 6.99. The molecule has 6 nitrogen and oxygen atoms in total. The van der Waals surface area contributed by atoms with Crippen LogP contribution in [0.1, 0.15) is 52.5 Å². The summed E-state index contributed by atoms with van der Waals surface area (Å²) >= 11 is 0. The molecule has 258 valence electrons. The Bertz CT molecular complexity index is 1450. The van der Waals surface area contributed by atoms with Crippen LogP contribution in [0.15, 0.2) is 103 Å². The molecule has 0 spiro atoms. The van der Waals surface area contributed by atoms with Gasteiger partial charge in [-0.2, -0.15) is 0 Å². The van der Waals surface area contributed by atoms with Crippen molar-refractivity contribution in [2.45, 2.75) is 64.1 Å². The Morgan fingerprint density at radius 3 is 2.17 bits per heavy atom. The average molecular weight is 670 g/mol. The number of methoxy groups -OCH3 is 3. The molecule has 1 aliphatic rings. The Balaban J connectivity index is 1.63. The molecule has 4 rings (SSSR count). The van der Waals surface area contributed by atoms with Crippen molar-refractivity contribution in [3.63, 3.8) is 0 Å². The first-order chi connectivity index (χ1) is 23.0. The molecule has 1 amide bonds. The predicted octanol–water partition coefficient (Wildman–Crippen LogP) is 7.14. The Morgan fingerprint density at radius 1 is 0.979 bits per heavy atom. The van der Waals surface area contributed by atoms with Gasteiger partial charge in [-0.3, -0.25) is 4.79 Å². The monoisotopic (exact) mass is 669 g/mol. The van der Waals surface area contributed by atoms with Crippen molar-refractivity contribution in [2.24, 2.45) is 11.8 Å². The summed E-state index contributed by atoms with van der Waals surface area (Å²) in [5, 5.41) is 2.42. The molecule has 0 radical (unpaired) electrons. The standard InChI is InChI=1S/C41H55NO5Si/c1-31(2)38(23-16-26-47-48(41(3,4)5,36-19-11-9-12-20-36)37-21-13-10-14-22-37)39(25-24-32-17-15-18-34(27-32)45-7)40(43)42-29-35(46-8)28-33(42)30-44-6/h9-15,17-22,24-25,27,33,35,38-39H,1,16,23,26,28-30H2,2-8H3/b25-24+/t33-,35+,38-,39+/m0/s1. The average Bonchev–Trinajstić information content (AvgIpc) is 3.50. The highest BCUT2D eigenvalue weighted by Crippen LogP contribution is 2.38. The third-order valence-corrected chi connectivity index (χ3v) is 14.7. The molecule has 4 atom stereocenters. The zero-order valence-corrected chi connectivity index (χ0v) is 31.0. The summed E-state index contributed by atoms with van der Waals surface area (Å²) in [5.74, 6) is 0.375. The number of carbonyl (C=O) groups is 1. The molecule has 0 unspecified atom stereocenters. The minimum absolute atomic E-state index is 0.0137. The van der Waals surface area contributed by atoms with Crippen LogP contribution in [0, 0.1) is 11.8 Å². The maximum Gasteiger partial charge on any atom is 0.261 e. The number of hydrogen-bond acceptors (Lipinski definition) is 5. The van der Waals surface area contributed by atoms with Crippen molar-refractivity contribution in [2.75, 3.05) is 41.1 Å². The van der Waals surface area contributed by atoms with Gasteiger partial charge in [-0.1, -0.05) is 118 Å². The van der Waals surface area contributed by atoms with Crippen LogP contribution in [-0.4, -0.2) is 72.4 Å².